The normalized spacial score (nSPS) is 10.9. The molecule has 0 aliphatic rings. The Bertz CT molecular complexity index is 570. The second-order valence-corrected chi connectivity index (χ2v) is 3.89. The van der Waals surface area contributed by atoms with Gasteiger partial charge in [0.05, 0.1) is 0 Å². The molecule has 84 valence electrons. The predicted octanol–water partition coefficient (Wildman–Crippen LogP) is 1.64. The van der Waals surface area contributed by atoms with Gasteiger partial charge in [0, 0.05) is 24.5 Å². The van der Waals surface area contributed by atoms with Gasteiger partial charge in [-0.05, 0) is 30.2 Å². The highest BCUT2D eigenvalue weighted by Gasteiger charge is 2.17. The molecule has 3 N–H and O–H groups in total. The van der Waals surface area contributed by atoms with E-state index in [1.165, 1.54) is 0 Å². The van der Waals surface area contributed by atoms with E-state index in [2.05, 4.69) is 0 Å². The molecule has 4 heteroatoms. The SMILES string of the molecule is Cc1c(C(=O)O)n(C)c2ccc(CN)cc12. The number of benzene rings is 1. The Kier molecular flexibility index (Phi) is 2.44. The second-order valence-electron chi connectivity index (χ2n) is 3.89. The van der Waals surface area contributed by atoms with Crippen molar-refractivity contribution < 1.29 is 9.90 Å². The summed E-state index contributed by atoms with van der Waals surface area (Å²) >= 11 is 0. The third-order valence-corrected chi connectivity index (χ3v) is 2.96. The molecule has 0 aliphatic heterocycles. The zero-order valence-electron chi connectivity index (χ0n) is 9.32. The van der Waals surface area contributed by atoms with Crippen molar-refractivity contribution >= 4 is 16.9 Å². The summed E-state index contributed by atoms with van der Waals surface area (Å²) in [4.78, 5) is 11.1. The highest BCUT2D eigenvalue weighted by molar-refractivity contribution is 5.98. The summed E-state index contributed by atoms with van der Waals surface area (Å²) in [6.07, 6.45) is 0. The van der Waals surface area contributed by atoms with Crippen molar-refractivity contribution in [2.75, 3.05) is 0 Å². The van der Waals surface area contributed by atoms with E-state index in [1.54, 1.807) is 11.6 Å². The fourth-order valence-electron chi connectivity index (χ4n) is 2.11. The van der Waals surface area contributed by atoms with E-state index in [0.29, 0.717) is 12.2 Å². The maximum Gasteiger partial charge on any atom is 0.352 e. The number of carbonyl (C=O) groups is 1. The lowest BCUT2D eigenvalue weighted by atomic mass is 10.1. The lowest BCUT2D eigenvalue weighted by Gasteiger charge is -2.00. The number of carboxylic acids is 1. The molecule has 0 bridgehead atoms. The Balaban J connectivity index is 2.83. The smallest absolute Gasteiger partial charge is 0.352 e. The summed E-state index contributed by atoms with van der Waals surface area (Å²) in [5.41, 5.74) is 8.64. The van der Waals surface area contributed by atoms with E-state index in [-0.39, 0.29) is 0 Å². The van der Waals surface area contributed by atoms with Crippen molar-refractivity contribution in [2.45, 2.75) is 13.5 Å². The van der Waals surface area contributed by atoms with Crippen LogP contribution in [-0.4, -0.2) is 15.6 Å². The maximum atomic E-state index is 11.1. The Labute approximate surface area is 93.3 Å². The lowest BCUT2D eigenvalue weighted by molar-refractivity contribution is 0.0686. The average Bonchev–Trinajstić information content (AvgIpc) is 2.51. The Hall–Kier alpha value is -1.81. The highest BCUT2D eigenvalue weighted by Crippen LogP contribution is 2.25. The molecule has 0 radical (unpaired) electrons. The number of hydrogen-bond acceptors (Lipinski definition) is 2. The van der Waals surface area contributed by atoms with Crippen molar-refractivity contribution in [3.05, 3.63) is 35.0 Å². The van der Waals surface area contributed by atoms with Crippen LogP contribution in [0.25, 0.3) is 10.9 Å². The van der Waals surface area contributed by atoms with Crippen LogP contribution in [0, 0.1) is 6.92 Å². The van der Waals surface area contributed by atoms with Crippen molar-refractivity contribution in [3.8, 4) is 0 Å². The summed E-state index contributed by atoms with van der Waals surface area (Å²) in [6, 6.07) is 5.79. The van der Waals surface area contributed by atoms with Crippen molar-refractivity contribution in [3.63, 3.8) is 0 Å². The lowest BCUT2D eigenvalue weighted by Crippen LogP contribution is -2.05. The van der Waals surface area contributed by atoms with Gasteiger partial charge in [-0.25, -0.2) is 4.79 Å². The number of fused-ring (bicyclic) bond motifs is 1. The Morgan fingerprint density at radius 3 is 2.75 bits per heavy atom. The Morgan fingerprint density at radius 2 is 2.19 bits per heavy atom. The van der Waals surface area contributed by atoms with Crippen molar-refractivity contribution in [1.29, 1.82) is 0 Å². The number of nitrogens with zero attached hydrogens (tertiary/aromatic N) is 1. The van der Waals surface area contributed by atoms with Crippen molar-refractivity contribution in [1.82, 2.24) is 4.57 Å². The predicted molar refractivity (Wildman–Crippen MR) is 62.5 cm³/mol. The highest BCUT2D eigenvalue weighted by atomic mass is 16.4. The summed E-state index contributed by atoms with van der Waals surface area (Å²) < 4.78 is 1.70. The van der Waals surface area contributed by atoms with Crippen molar-refractivity contribution in [2.24, 2.45) is 12.8 Å². The molecule has 2 rings (SSSR count). The molecule has 0 spiro atoms. The third-order valence-electron chi connectivity index (χ3n) is 2.96. The second kappa shape index (κ2) is 3.64. The molecular weight excluding hydrogens is 204 g/mol. The fraction of sp³-hybridized carbons (Fsp3) is 0.250. The van der Waals surface area contributed by atoms with Crippen LogP contribution in [-0.2, 0) is 13.6 Å². The summed E-state index contributed by atoms with van der Waals surface area (Å²) in [7, 11) is 1.76. The standard InChI is InChI=1S/C12H14N2O2/c1-7-9-5-8(6-13)3-4-10(9)14(2)11(7)12(15)16/h3-5H,6,13H2,1-2H3,(H,15,16). The van der Waals surface area contributed by atoms with Gasteiger partial charge in [-0.15, -0.1) is 0 Å². The van der Waals surface area contributed by atoms with Crippen LogP contribution in [0.15, 0.2) is 18.2 Å². The van der Waals surface area contributed by atoms with Gasteiger partial charge < -0.3 is 15.4 Å². The number of aryl methyl sites for hydroxylation is 2. The first-order valence-corrected chi connectivity index (χ1v) is 5.07. The van der Waals surface area contributed by atoms with Crippen LogP contribution < -0.4 is 5.73 Å². The monoisotopic (exact) mass is 218 g/mol. The van der Waals surface area contributed by atoms with E-state index in [1.807, 2.05) is 25.1 Å². The molecule has 1 aromatic heterocycles. The van der Waals surface area contributed by atoms with Crippen LogP contribution >= 0.6 is 0 Å². The number of aromatic carboxylic acids is 1. The quantitative estimate of drug-likeness (QED) is 0.805. The average molecular weight is 218 g/mol. The van der Waals surface area contributed by atoms with E-state index < -0.39 is 5.97 Å². The summed E-state index contributed by atoms with van der Waals surface area (Å²) in [5.74, 6) is -0.898. The van der Waals surface area contributed by atoms with Crippen LogP contribution in [0.5, 0.6) is 0 Å². The summed E-state index contributed by atoms with van der Waals surface area (Å²) in [5, 5.41) is 10.1. The van der Waals surface area contributed by atoms with E-state index in [9.17, 15) is 4.79 Å². The molecule has 0 aliphatic carbocycles. The molecule has 0 atom stereocenters. The Morgan fingerprint density at radius 1 is 1.50 bits per heavy atom. The first kappa shape index (κ1) is 10.7. The van der Waals surface area contributed by atoms with Gasteiger partial charge in [0.2, 0.25) is 0 Å². The third kappa shape index (κ3) is 1.39. The summed E-state index contributed by atoms with van der Waals surface area (Å²) in [6.45, 7) is 2.29. The fourth-order valence-corrected chi connectivity index (χ4v) is 2.11. The maximum absolute atomic E-state index is 11.1. The minimum Gasteiger partial charge on any atom is -0.477 e. The van der Waals surface area contributed by atoms with Gasteiger partial charge in [0.25, 0.3) is 0 Å². The first-order chi connectivity index (χ1) is 7.56. The molecule has 2 aromatic rings. The zero-order chi connectivity index (χ0) is 11.9. The van der Waals surface area contributed by atoms with Crippen LogP contribution in [0.3, 0.4) is 0 Å². The molecule has 0 amide bonds. The minimum atomic E-state index is -0.898. The molecule has 1 aromatic carbocycles. The van der Waals surface area contributed by atoms with Gasteiger partial charge in [-0.3, -0.25) is 0 Å². The molecule has 0 saturated carbocycles. The van der Waals surface area contributed by atoms with E-state index >= 15 is 0 Å². The number of hydrogen-bond donors (Lipinski definition) is 2. The van der Waals surface area contributed by atoms with Gasteiger partial charge >= 0.3 is 5.97 Å². The van der Waals surface area contributed by atoms with Crippen LogP contribution in [0.4, 0.5) is 0 Å². The van der Waals surface area contributed by atoms with Crippen LogP contribution in [0.1, 0.15) is 21.6 Å². The van der Waals surface area contributed by atoms with Crippen LogP contribution in [0.2, 0.25) is 0 Å². The molecule has 16 heavy (non-hydrogen) atoms. The molecule has 0 saturated heterocycles. The molecule has 1 heterocycles. The molecule has 0 fully saturated rings. The number of nitrogens with two attached hydrogens (primary N) is 1. The first-order valence-electron chi connectivity index (χ1n) is 5.07. The molecular formula is C12H14N2O2. The number of carboxylic acid groups (broad SMARTS) is 1. The van der Waals surface area contributed by atoms with Gasteiger partial charge in [-0.2, -0.15) is 0 Å². The number of rotatable bonds is 2. The van der Waals surface area contributed by atoms with E-state index in [4.69, 9.17) is 10.8 Å². The topological polar surface area (TPSA) is 68.2 Å². The van der Waals surface area contributed by atoms with E-state index in [0.717, 1.165) is 22.0 Å². The molecule has 0 unspecified atom stereocenters. The zero-order valence-corrected chi connectivity index (χ0v) is 9.32. The largest absolute Gasteiger partial charge is 0.477 e. The minimum absolute atomic E-state index is 0.337. The number of aromatic nitrogens is 1. The molecule has 4 nitrogen and oxygen atoms in total. The van der Waals surface area contributed by atoms with Gasteiger partial charge in [0.1, 0.15) is 5.69 Å². The van der Waals surface area contributed by atoms with Gasteiger partial charge in [-0.1, -0.05) is 6.07 Å². The van der Waals surface area contributed by atoms with Gasteiger partial charge in [0.15, 0.2) is 0 Å².